The Morgan fingerprint density at radius 3 is 2.65 bits per heavy atom. The van der Waals surface area contributed by atoms with Crippen LogP contribution in [0.3, 0.4) is 0 Å². The number of hydrogen-bond donors (Lipinski definition) is 1. The third-order valence-electron chi connectivity index (χ3n) is 2.91. The van der Waals surface area contributed by atoms with E-state index in [1.165, 1.54) is 12.1 Å². The normalized spacial score (nSPS) is 10.8. The van der Waals surface area contributed by atoms with Gasteiger partial charge >= 0.3 is 0 Å². The van der Waals surface area contributed by atoms with Crippen LogP contribution in [0.4, 0.5) is 10.1 Å². The van der Waals surface area contributed by atoms with Crippen molar-refractivity contribution >= 4 is 17.7 Å². The maximum atomic E-state index is 13.4. The van der Waals surface area contributed by atoms with Crippen LogP contribution >= 0.6 is 0 Å². The Kier molecular flexibility index (Phi) is 4.31. The number of amides is 1. The van der Waals surface area contributed by atoms with E-state index < -0.39 is 0 Å². The van der Waals surface area contributed by atoms with Gasteiger partial charge in [0.15, 0.2) is 0 Å². The SMILES string of the molecule is Cc1cccc(/C=C/C(=O)Nc2ccc(C)c(F)c2)c1. The lowest BCUT2D eigenvalue weighted by atomic mass is 10.1. The third kappa shape index (κ3) is 3.79. The van der Waals surface area contributed by atoms with E-state index in [-0.39, 0.29) is 11.7 Å². The zero-order chi connectivity index (χ0) is 14.5. The first-order valence-corrected chi connectivity index (χ1v) is 6.36. The van der Waals surface area contributed by atoms with E-state index in [0.717, 1.165) is 11.1 Å². The van der Waals surface area contributed by atoms with Gasteiger partial charge < -0.3 is 5.32 Å². The predicted octanol–water partition coefficient (Wildman–Crippen LogP) is 4.09. The van der Waals surface area contributed by atoms with Crippen LogP contribution in [0.15, 0.2) is 48.5 Å². The first-order chi connectivity index (χ1) is 9.54. The third-order valence-corrected chi connectivity index (χ3v) is 2.91. The lowest BCUT2D eigenvalue weighted by molar-refractivity contribution is -0.111. The van der Waals surface area contributed by atoms with E-state index in [2.05, 4.69) is 5.32 Å². The predicted molar refractivity (Wildman–Crippen MR) is 80.0 cm³/mol. The van der Waals surface area contributed by atoms with Crippen molar-refractivity contribution in [3.63, 3.8) is 0 Å². The Morgan fingerprint density at radius 2 is 1.95 bits per heavy atom. The summed E-state index contributed by atoms with van der Waals surface area (Å²) in [6.07, 6.45) is 3.17. The second-order valence-corrected chi connectivity index (χ2v) is 4.70. The van der Waals surface area contributed by atoms with Crippen molar-refractivity contribution in [2.24, 2.45) is 0 Å². The smallest absolute Gasteiger partial charge is 0.248 e. The summed E-state index contributed by atoms with van der Waals surface area (Å²) in [5, 5.41) is 2.63. The van der Waals surface area contributed by atoms with Gasteiger partial charge in [-0.1, -0.05) is 35.9 Å². The molecule has 0 saturated heterocycles. The van der Waals surface area contributed by atoms with Gasteiger partial charge in [-0.05, 0) is 43.2 Å². The largest absolute Gasteiger partial charge is 0.322 e. The van der Waals surface area contributed by atoms with Crippen molar-refractivity contribution in [1.82, 2.24) is 0 Å². The molecule has 0 heterocycles. The zero-order valence-electron chi connectivity index (χ0n) is 11.5. The fourth-order valence-corrected chi connectivity index (χ4v) is 1.80. The highest BCUT2D eigenvalue weighted by atomic mass is 19.1. The van der Waals surface area contributed by atoms with Crippen LogP contribution in [0.2, 0.25) is 0 Å². The number of aryl methyl sites for hydroxylation is 2. The van der Waals surface area contributed by atoms with Gasteiger partial charge in [-0.25, -0.2) is 4.39 Å². The summed E-state index contributed by atoms with van der Waals surface area (Å²) >= 11 is 0. The van der Waals surface area contributed by atoms with Crippen LogP contribution in [-0.4, -0.2) is 5.91 Å². The summed E-state index contributed by atoms with van der Waals surface area (Å²) < 4.78 is 13.4. The van der Waals surface area contributed by atoms with Gasteiger partial charge in [0.1, 0.15) is 5.82 Å². The Morgan fingerprint density at radius 1 is 1.15 bits per heavy atom. The van der Waals surface area contributed by atoms with Gasteiger partial charge in [-0.2, -0.15) is 0 Å². The molecule has 1 N–H and O–H groups in total. The molecule has 2 nitrogen and oxygen atoms in total. The minimum atomic E-state index is -0.328. The minimum Gasteiger partial charge on any atom is -0.322 e. The van der Waals surface area contributed by atoms with Gasteiger partial charge in [0.05, 0.1) is 0 Å². The van der Waals surface area contributed by atoms with E-state index in [9.17, 15) is 9.18 Å². The number of rotatable bonds is 3. The molecule has 20 heavy (non-hydrogen) atoms. The molecule has 0 aromatic heterocycles. The molecular weight excluding hydrogens is 253 g/mol. The van der Waals surface area contributed by atoms with Gasteiger partial charge in [-0.3, -0.25) is 4.79 Å². The van der Waals surface area contributed by atoms with E-state index in [0.29, 0.717) is 11.3 Å². The van der Waals surface area contributed by atoms with Gasteiger partial charge in [0.2, 0.25) is 5.91 Å². The molecular formula is C17H16FNO. The van der Waals surface area contributed by atoms with Crippen molar-refractivity contribution in [3.05, 3.63) is 71.0 Å². The summed E-state index contributed by atoms with van der Waals surface area (Å²) in [6.45, 7) is 3.67. The van der Waals surface area contributed by atoms with E-state index in [1.54, 1.807) is 25.1 Å². The maximum Gasteiger partial charge on any atom is 0.248 e. The fraction of sp³-hybridized carbons (Fsp3) is 0.118. The standard InChI is InChI=1S/C17H16FNO/c1-12-4-3-5-14(10-12)7-9-17(20)19-15-8-6-13(2)16(18)11-15/h3-11H,1-2H3,(H,19,20)/b9-7+. The molecule has 0 saturated carbocycles. The highest BCUT2D eigenvalue weighted by molar-refractivity contribution is 6.01. The van der Waals surface area contributed by atoms with Crippen molar-refractivity contribution in [1.29, 1.82) is 0 Å². The van der Waals surface area contributed by atoms with Crippen molar-refractivity contribution in [2.45, 2.75) is 13.8 Å². The summed E-state index contributed by atoms with van der Waals surface area (Å²) in [5.74, 6) is -0.611. The lowest BCUT2D eigenvalue weighted by Gasteiger charge is -2.03. The Hall–Kier alpha value is -2.42. The molecule has 102 valence electrons. The molecule has 0 bridgehead atoms. The molecule has 0 fully saturated rings. The molecule has 0 aliphatic carbocycles. The summed E-state index contributed by atoms with van der Waals surface area (Å²) in [5.41, 5.74) is 3.09. The lowest BCUT2D eigenvalue weighted by Crippen LogP contribution is -2.08. The summed E-state index contributed by atoms with van der Waals surface area (Å²) in [7, 11) is 0. The topological polar surface area (TPSA) is 29.1 Å². The van der Waals surface area contributed by atoms with Gasteiger partial charge in [-0.15, -0.1) is 0 Å². The molecule has 3 heteroatoms. The van der Waals surface area contributed by atoms with E-state index in [4.69, 9.17) is 0 Å². The number of halogens is 1. The summed E-state index contributed by atoms with van der Waals surface area (Å²) in [4.78, 5) is 11.7. The zero-order valence-corrected chi connectivity index (χ0v) is 11.5. The average molecular weight is 269 g/mol. The second-order valence-electron chi connectivity index (χ2n) is 4.70. The number of anilines is 1. The monoisotopic (exact) mass is 269 g/mol. The number of benzene rings is 2. The van der Waals surface area contributed by atoms with E-state index in [1.807, 2.05) is 31.2 Å². The van der Waals surface area contributed by atoms with Crippen LogP contribution in [0.1, 0.15) is 16.7 Å². The molecule has 1 amide bonds. The summed E-state index contributed by atoms with van der Waals surface area (Å²) in [6, 6.07) is 12.5. The molecule has 0 unspecified atom stereocenters. The first-order valence-electron chi connectivity index (χ1n) is 6.36. The van der Waals surface area contributed by atoms with Crippen LogP contribution in [0.25, 0.3) is 6.08 Å². The molecule has 2 aromatic carbocycles. The minimum absolute atomic E-state index is 0.283. The van der Waals surface area contributed by atoms with Crippen LogP contribution in [-0.2, 0) is 4.79 Å². The van der Waals surface area contributed by atoms with Crippen molar-refractivity contribution in [3.8, 4) is 0 Å². The van der Waals surface area contributed by atoms with Gasteiger partial charge in [0.25, 0.3) is 0 Å². The second kappa shape index (κ2) is 6.15. The van der Waals surface area contributed by atoms with Crippen molar-refractivity contribution in [2.75, 3.05) is 5.32 Å². The van der Waals surface area contributed by atoms with Crippen LogP contribution in [0.5, 0.6) is 0 Å². The van der Waals surface area contributed by atoms with Crippen molar-refractivity contribution < 1.29 is 9.18 Å². The quantitative estimate of drug-likeness (QED) is 0.835. The van der Waals surface area contributed by atoms with Gasteiger partial charge in [0, 0.05) is 11.8 Å². The Bertz CT molecular complexity index is 662. The molecule has 0 spiro atoms. The van der Waals surface area contributed by atoms with Crippen LogP contribution < -0.4 is 5.32 Å². The van der Waals surface area contributed by atoms with E-state index >= 15 is 0 Å². The molecule has 0 atom stereocenters. The molecule has 0 aliphatic rings. The highest BCUT2D eigenvalue weighted by Gasteiger charge is 2.01. The number of carbonyl (C=O) groups excluding carboxylic acids is 1. The maximum absolute atomic E-state index is 13.4. The fourth-order valence-electron chi connectivity index (χ4n) is 1.80. The molecule has 2 aromatic rings. The number of carbonyl (C=O) groups is 1. The first kappa shape index (κ1) is 14.0. The van der Waals surface area contributed by atoms with Crippen LogP contribution in [0, 0.1) is 19.7 Å². The Labute approximate surface area is 118 Å². The number of hydrogen-bond acceptors (Lipinski definition) is 1. The highest BCUT2D eigenvalue weighted by Crippen LogP contribution is 2.13. The molecule has 0 radical (unpaired) electrons. The number of nitrogens with one attached hydrogen (secondary N) is 1. The molecule has 0 aliphatic heterocycles. The Balaban J connectivity index is 2.03. The average Bonchev–Trinajstić information content (AvgIpc) is 2.41. The molecule has 2 rings (SSSR count).